The summed E-state index contributed by atoms with van der Waals surface area (Å²) in [5, 5.41) is 3.03. The van der Waals surface area contributed by atoms with Crippen LogP contribution in [0.4, 0.5) is 5.69 Å². The van der Waals surface area contributed by atoms with Crippen molar-refractivity contribution in [2.24, 2.45) is 5.41 Å². The van der Waals surface area contributed by atoms with Crippen molar-refractivity contribution >= 4 is 11.6 Å². The van der Waals surface area contributed by atoms with Gasteiger partial charge in [-0.15, -0.1) is 0 Å². The normalized spacial score (nSPS) is 11.1. The summed E-state index contributed by atoms with van der Waals surface area (Å²) in [4.78, 5) is 12.6. The van der Waals surface area contributed by atoms with Crippen molar-refractivity contribution in [3.8, 4) is 5.75 Å². The summed E-state index contributed by atoms with van der Waals surface area (Å²) in [5.41, 5.74) is 2.50. The predicted octanol–water partition coefficient (Wildman–Crippen LogP) is 4.21. The number of aryl methyl sites for hydroxylation is 1. The van der Waals surface area contributed by atoms with Crippen LogP contribution in [-0.2, 0) is 11.2 Å². The molecule has 0 fully saturated rings. The van der Waals surface area contributed by atoms with E-state index in [1.165, 1.54) is 0 Å². The Bertz CT molecular complexity index is 648. The lowest BCUT2D eigenvalue weighted by Crippen LogP contribution is -2.33. The van der Waals surface area contributed by atoms with Crippen LogP contribution >= 0.6 is 0 Å². The number of nitrogens with one attached hydrogen (secondary N) is 1. The summed E-state index contributed by atoms with van der Waals surface area (Å²) in [6.45, 7) is 5.89. The highest BCUT2D eigenvalue weighted by Gasteiger charge is 2.28. The molecule has 0 aliphatic carbocycles. The SMILES string of the molecule is COc1ccc(NC(=O)C(C)(C)Cc2ccccc2)c(C)c1. The third-order valence-corrected chi connectivity index (χ3v) is 3.79. The number of anilines is 1. The van der Waals surface area contributed by atoms with E-state index in [-0.39, 0.29) is 5.91 Å². The molecule has 0 saturated carbocycles. The molecule has 0 spiro atoms. The average molecular weight is 297 g/mol. The van der Waals surface area contributed by atoms with E-state index in [0.717, 1.165) is 22.6 Å². The van der Waals surface area contributed by atoms with E-state index in [9.17, 15) is 4.79 Å². The van der Waals surface area contributed by atoms with Crippen LogP contribution in [0.15, 0.2) is 48.5 Å². The van der Waals surface area contributed by atoms with E-state index in [0.29, 0.717) is 6.42 Å². The molecule has 3 nitrogen and oxygen atoms in total. The number of benzene rings is 2. The van der Waals surface area contributed by atoms with Crippen molar-refractivity contribution < 1.29 is 9.53 Å². The van der Waals surface area contributed by atoms with Crippen molar-refractivity contribution in [3.63, 3.8) is 0 Å². The highest BCUT2D eigenvalue weighted by molar-refractivity contribution is 5.95. The third kappa shape index (κ3) is 3.88. The van der Waals surface area contributed by atoms with Gasteiger partial charge >= 0.3 is 0 Å². The molecule has 22 heavy (non-hydrogen) atoms. The molecule has 0 aliphatic heterocycles. The Kier molecular flexibility index (Phi) is 4.86. The first kappa shape index (κ1) is 16.1. The molecule has 0 bridgehead atoms. The maximum absolute atomic E-state index is 12.6. The van der Waals surface area contributed by atoms with E-state index in [2.05, 4.69) is 5.32 Å². The number of hydrogen-bond acceptors (Lipinski definition) is 2. The lowest BCUT2D eigenvalue weighted by molar-refractivity contribution is -0.123. The first-order valence-electron chi connectivity index (χ1n) is 7.42. The average Bonchev–Trinajstić information content (AvgIpc) is 2.49. The second-order valence-electron chi connectivity index (χ2n) is 6.18. The summed E-state index contributed by atoms with van der Waals surface area (Å²) >= 11 is 0. The fourth-order valence-electron chi connectivity index (χ4n) is 2.38. The zero-order valence-corrected chi connectivity index (χ0v) is 13.6. The molecule has 1 amide bonds. The number of methoxy groups -OCH3 is 1. The van der Waals surface area contributed by atoms with Gasteiger partial charge in [-0.25, -0.2) is 0 Å². The van der Waals surface area contributed by atoms with Crippen molar-refractivity contribution in [3.05, 3.63) is 59.7 Å². The van der Waals surface area contributed by atoms with Crippen LogP contribution in [0.1, 0.15) is 25.0 Å². The zero-order valence-electron chi connectivity index (χ0n) is 13.6. The van der Waals surface area contributed by atoms with Crippen molar-refractivity contribution in [2.75, 3.05) is 12.4 Å². The fraction of sp³-hybridized carbons (Fsp3) is 0.316. The number of rotatable bonds is 5. The molecule has 0 radical (unpaired) electrons. The Hall–Kier alpha value is -2.29. The van der Waals surface area contributed by atoms with E-state index >= 15 is 0 Å². The molecule has 0 atom stereocenters. The van der Waals surface area contributed by atoms with Gasteiger partial charge in [0.2, 0.25) is 5.91 Å². The van der Waals surface area contributed by atoms with E-state index in [4.69, 9.17) is 4.74 Å². The molecule has 0 saturated heterocycles. The van der Waals surface area contributed by atoms with Crippen LogP contribution in [0.25, 0.3) is 0 Å². The van der Waals surface area contributed by atoms with Gasteiger partial charge in [0.05, 0.1) is 7.11 Å². The van der Waals surface area contributed by atoms with Crippen LogP contribution in [0.5, 0.6) is 5.75 Å². The van der Waals surface area contributed by atoms with E-state index in [1.54, 1.807) is 7.11 Å². The molecule has 3 heteroatoms. The summed E-state index contributed by atoms with van der Waals surface area (Å²) in [7, 11) is 1.63. The van der Waals surface area contributed by atoms with Gasteiger partial charge < -0.3 is 10.1 Å². The van der Waals surface area contributed by atoms with Crippen LogP contribution in [0, 0.1) is 12.3 Å². The number of carbonyl (C=O) groups is 1. The van der Waals surface area contributed by atoms with Gasteiger partial charge in [-0.05, 0) is 42.7 Å². The van der Waals surface area contributed by atoms with E-state index < -0.39 is 5.41 Å². The van der Waals surface area contributed by atoms with Crippen molar-refractivity contribution in [1.82, 2.24) is 0 Å². The van der Waals surface area contributed by atoms with Crippen LogP contribution in [0.3, 0.4) is 0 Å². The van der Waals surface area contributed by atoms with Crippen molar-refractivity contribution in [1.29, 1.82) is 0 Å². The van der Waals surface area contributed by atoms with Gasteiger partial charge in [0, 0.05) is 11.1 Å². The molecule has 0 heterocycles. The Morgan fingerprint density at radius 1 is 1.14 bits per heavy atom. The number of hydrogen-bond donors (Lipinski definition) is 1. The minimum atomic E-state index is -0.478. The van der Waals surface area contributed by atoms with E-state index in [1.807, 2.05) is 69.3 Å². The fourth-order valence-corrected chi connectivity index (χ4v) is 2.38. The Labute approximate surface area is 132 Å². The number of carbonyl (C=O) groups excluding carboxylic acids is 1. The van der Waals surface area contributed by atoms with Crippen LogP contribution < -0.4 is 10.1 Å². The smallest absolute Gasteiger partial charge is 0.230 e. The van der Waals surface area contributed by atoms with Crippen LogP contribution in [-0.4, -0.2) is 13.0 Å². The minimum absolute atomic E-state index is 0.0182. The number of amides is 1. The third-order valence-electron chi connectivity index (χ3n) is 3.79. The summed E-state index contributed by atoms with van der Waals surface area (Å²) in [6, 6.07) is 15.7. The predicted molar refractivity (Wildman–Crippen MR) is 90.3 cm³/mol. The largest absolute Gasteiger partial charge is 0.497 e. The lowest BCUT2D eigenvalue weighted by Gasteiger charge is -2.24. The van der Waals surface area contributed by atoms with Gasteiger partial charge in [0.1, 0.15) is 5.75 Å². The minimum Gasteiger partial charge on any atom is -0.497 e. The quantitative estimate of drug-likeness (QED) is 0.897. The van der Waals surface area contributed by atoms with Crippen molar-refractivity contribution in [2.45, 2.75) is 27.2 Å². The standard InChI is InChI=1S/C19H23NO2/c1-14-12-16(22-4)10-11-17(14)20-18(21)19(2,3)13-15-8-6-5-7-9-15/h5-12H,13H2,1-4H3,(H,20,21). The second-order valence-corrected chi connectivity index (χ2v) is 6.18. The highest BCUT2D eigenvalue weighted by atomic mass is 16.5. The topological polar surface area (TPSA) is 38.3 Å². The van der Waals surface area contributed by atoms with Gasteiger partial charge in [0.15, 0.2) is 0 Å². The molecule has 0 aromatic heterocycles. The zero-order chi connectivity index (χ0) is 16.2. The molecule has 2 aromatic rings. The summed E-state index contributed by atoms with van der Waals surface area (Å²) in [6.07, 6.45) is 0.703. The van der Waals surface area contributed by atoms with Gasteiger partial charge in [0.25, 0.3) is 0 Å². The Morgan fingerprint density at radius 3 is 2.41 bits per heavy atom. The highest BCUT2D eigenvalue weighted by Crippen LogP contribution is 2.26. The molecule has 0 aliphatic rings. The molecule has 1 N–H and O–H groups in total. The Morgan fingerprint density at radius 2 is 1.82 bits per heavy atom. The van der Waals surface area contributed by atoms with Gasteiger partial charge in [-0.1, -0.05) is 44.2 Å². The molecular weight excluding hydrogens is 274 g/mol. The van der Waals surface area contributed by atoms with Gasteiger partial charge in [-0.3, -0.25) is 4.79 Å². The molecule has 2 aromatic carbocycles. The molecule has 0 unspecified atom stereocenters. The summed E-state index contributed by atoms with van der Waals surface area (Å²) < 4.78 is 5.19. The maximum atomic E-state index is 12.6. The Balaban J connectivity index is 2.10. The lowest BCUT2D eigenvalue weighted by atomic mass is 9.84. The summed E-state index contributed by atoms with van der Waals surface area (Å²) in [5.74, 6) is 0.809. The molecular formula is C19H23NO2. The van der Waals surface area contributed by atoms with Gasteiger partial charge in [-0.2, -0.15) is 0 Å². The first-order valence-corrected chi connectivity index (χ1v) is 7.42. The molecule has 116 valence electrons. The van der Waals surface area contributed by atoms with Crippen LogP contribution in [0.2, 0.25) is 0 Å². The number of ether oxygens (including phenoxy) is 1. The monoisotopic (exact) mass is 297 g/mol. The maximum Gasteiger partial charge on any atom is 0.230 e. The first-order chi connectivity index (χ1) is 10.4. The second kappa shape index (κ2) is 6.65. The molecule has 2 rings (SSSR count).